The summed E-state index contributed by atoms with van der Waals surface area (Å²) < 4.78 is 0. The Hall–Kier alpha value is -1.23. The molecule has 1 aliphatic carbocycles. The van der Waals surface area contributed by atoms with Gasteiger partial charge in [0.1, 0.15) is 6.33 Å². The molecule has 0 saturated carbocycles. The average Bonchev–Trinajstić information content (AvgIpc) is 2.96. The summed E-state index contributed by atoms with van der Waals surface area (Å²) in [6.45, 7) is 2.27. The number of nitrogens with zero attached hydrogens (tertiary/aromatic N) is 3. The van der Waals surface area contributed by atoms with Gasteiger partial charge in [0.25, 0.3) is 0 Å². The molecule has 5 heteroatoms. The van der Waals surface area contributed by atoms with E-state index >= 15 is 0 Å². The molecule has 3 rings (SSSR count). The van der Waals surface area contributed by atoms with Crippen LogP contribution >= 0.6 is 11.3 Å². The summed E-state index contributed by atoms with van der Waals surface area (Å²) in [5.74, 6) is 1.64. The van der Waals surface area contributed by atoms with E-state index in [1.165, 1.54) is 36.2 Å². The van der Waals surface area contributed by atoms with Crippen molar-refractivity contribution < 1.29 is 0 Å². The van der Waals surface area contributed by atoms with Crippen LogP contribution in [-0.4, -0.2) is 20.2 Å². The van der Waals surface area contributed by atoms with E-state index in [2.05, 4.69) is 27.1 Å². The number of rotatable bonds is 2. The fourth-order valence-electron chi connectivity index (χ4n) is 2.20. The predicted octanol–water partition coefficient (Wildman–Crippen LogP) is 2.44. The molecule has 2 heterocycles. The fourth-order valence-corrected chi connectivity index (χ4v) is 3.37. The lowest BCUT2D eigenvalue weighted by molar-refractivity contribution is 0.446. The van der Waals surface area contributed by atoms with Crippen molar-refractivity contribution in [2.45, 2.75) is 32.6 Å². The van der Waals surface area contributed by atoms with Gasteiger partial charge >= 0.3 is 0 Å². The zero-order chi connectivity index (χ0) is 11.0. The minimum absolute atomic E-state index is 0.799. The molecule has 4 nitrogen and oxygen atoms in total. The Morgan fingerprint density at radius 1 is 1.56 bits per heavy atom. The van der Waals surface area contributed by atoms with E-state index in [1.54, 1.807) is 11.3 Å². The van der Waals surface area contributed by atoms with Crippen molar-refractivity contribution in [1.29, 1.82) is 0 Å². The largest absolute Gasteiger partial charge is 0.257 e. The van der Waals surface area contributed by atoms with Crippen LogP contribution in [0.1, 0.15) is 30.3 Å². The highest BCUT2D eigenvalue weighted by Crippen LogP contribution is 2.34. The zero-order valence-corrected chi connectivity index (χ0v) is 10.0. The standard InChI is InChI=1S/C11H14N4S/c1-2-7-3-4-8-9(5-7)16-11(14-8)10-12-6-13-15-10/h6-7H,2-5H2,1H3,(H,12,13,15). The second-order valence-electron chi connectivity index (χ2n) is 4.24. The number of hydrogen-bond donors (Lipinski definition) is 1. The molecule has 1 N–H and O–H groups in total. The molecule has 0 spiro atoms. The third-order valence-corrected chi connectivity index (χ3v) is 4.36. The molecule has 0 saturated heterocycles. The Labute approximate surface area is 98.1 Å². The highest BCUT2D eigenvalue weighted by Gasteiger charge is 2.22. The van der Waals surface area contributed by atoms with Crippen molar-refractivity contribution in [3.63, 3.8) is 0 Å². The van der Waals surface area contributed by atoms with Gasteiger partial charge in [-0.3, -0.25) is 5.10 Å². The molecule has 0 radical (unpaired) electrons. The molecule has 0 amide bonds. The van der Waals surface area contributed by atoms with Crippen molar-refractivity contribution in [3.05, 3.63) is 16.9 Å². The van der Waals surface area contributed by atoms with Crippen molar-refractivity contribution in [3.8, 4) is 10.8 Å². The maximum Gasteiger partial charge on any atom is 0.184 e. The predicted molar refractivity (Wildman–Crippen MR) is 63.3 cm³/mol. The van der Waals surface area contributed by atoms with Gasteiger partial charge in [-0.05, 0) is 25.2 Å². The lowest BCUT2D eigenvalue weighted by atomic mass is 9.89. The van der Waals surface area contributed by atoms with Crippen LogP contribution in [0.3, 0.4) is 0 Å². The third kappa shape index (κ3) is 1.65. The summed E-state index contributed by atoms with van der Waals surface area (Å²) in [7, 11) is 0. The van der Waals surface area contributed by atoms with Gasteiger partial charge in [-0.15, -0.1) is 11.3 Å². The Morgan fingerprint density at radius 2 is 2.50 bits per heavy atom. The van der Waals surface area contributed by atoms with E-state index in [9.17, 15) is 0 Å². The fraction of sp³-hybridized carbons (Fsp3) is 0.545. The molecule has 2 aromatic heterocycles. The first-order valence-electron chi connectivity index (χ1n) is 5.71. The first-order valence-corrected chi connectivity index (χ1v) is 6.52. The number of fused-ring (bicyclic) bond motifs is 1. The molecule has 1 aliphatic rings. The third-order valence-electron chi connectivity index (χ3n) is 3.24. The zero-order valence-electron chi connectivity index (χ0n) is 9.23. The van der Waals surface area contributed by atoms with Crippen molar-refractivity contribution in [2.24, 2.45) is 5.92 Å². The van der Waals surface area contributed by atoms with Crippen LogP contribution in [0.4, 0.5) is 0 Å². The van der Waals surface area contributed by atoms with Crippen LogP contribution in [0, 0.1) is 5.92 Å². The maximum absolute atomic E-state index is 4.65. The van der Waals surface area contributed by atoms with Gasteiger partial charge < -0.3 is 0 Å². The normalized spacial score (nSPS) is 19.7. The monoisotopic (exact) mass is 234 g/mol. The Bertz CT molecular complexity index is 474. The van der Waals surface area contributed by atoms with E-state index in [0.717, 1.165) is 23.2 Å². The summed E-state index contributed by atoms with van der Waals surface area (Å²) in [6.07, 6.45) is 6.40. The molecule has 16 heavy (non-hydrogen) atoms. The van der Waals surface area contributed by atoms with Crippen molar-refractivity contribution in [2.75, 3.05) is 0 Å². The summed E-state index contributed by atoms with van der Waals surface area (Å²) in [4.78, 5) is 10.2. The van der Waals surface area contributed by atoms with Gasteiger partial charge in [0.05, 0.1) is 5.69 Å². The number of thiazole rings is 1. The lowest BCUT2D eigenvalue weighted by Crippen LogP contribution is -2.11. The quantitative estimate of drug-likeness (QED) is 0.868. The second kappa shape index (κ2) is 3.97. The van der Waals surface area contributed by atoms with Gasteiger partial charge in [0.2, 0.25) is 0 Å². The molecule has 2 aromatic rings. The van der Waals surface area contributed by atoms with E-state index in [-0.39, 0.29) is 0 Å². The number of aromatic amines is 1. The summed E-state index contributed by atoms with van der Waals surface area (Å²) in [6, 6.07) is 0. The molecular formula is C11H14N4S. The Kier molecular flexibility index (Phi) is 2.47. The van der Waals surface area contributed by atoms with Gasteiger partial charge in [0, 0.05) is 4.88 Å². The topological polar surface area (TPSA) is 54.5 Å². The lowest BCUT2D eigenvalue weighted by Gasteiger charge is -2.18. The Balaban J connectivity index is 1.92. The van der Waals surface area contributed by atoms with Crippen molar-refractivity contribution >= 4 is 11.3 Å². The molecule has 0 fully saturated rings. The minimum Gasteiger partial charge on any atom is -0.257 e. The van der Waals surface area contributed by atoms with Gasteiger partial charge in [-0.1, -0.05) is 13.3 Å². The molecule has 84 valence electrons. The SMILES string of the molecule is CCC1CCc2nc(-c3ncn[nH]3)sc2C1. The van der Waals surface area contributed by atoms with E-state index in [4.69, 9.17) is 0 Å². The summed E-state index contributed by atoms with van der Waals surface area (Å²) in [5, 5.41) is 7.73. The van der Waals surface area contributed by atoms with Crippen LogP contribution in [0.5, 0.6) is 0 Å². The van der Waals surface area contributed by atoms with E-state index < -0.39 is 0 Å². The van der Waals surface area contributed by atoms with Crippen LogP contribution in [0.25, 0.3) is 10.8 Å². The number of hydrogen-bond acceptors (Lipinski definition) is 4. The summed E-state index contributed by atoms with van der Waals surface area (Å²) in [5.41, 5.74) is 1.28. The first-order chi connectivity index (χ1) is 7.86. The first kappa shape index (κ1) is 9.96. The number of aryl methyl sites for hydroxylation is 1. The highest BCUT2D eigenvalue weighted by atomic mass is 32.1. The van der Waals surface area contributed by atoms with Gasteiger partial charge in [-0.25, -0.2) is 9.97 Å². The molecule has 0 bridgehead atoms. The molecule has 1 unspecified atom stereocenters. The average molecular weight is 234 g/mol. The van der Waals surface area contributed by atoms with Crippen LogP contribution in [0.2, 0.25) is 0 Å². The van der Waals surface area contributed by atoms with Crippen molar-refractivity contribution in [1.82, 2.24) is 20.2 Å². The molecular weight excluding hydrogens is 220 g/mol. The summed E-state index contributed by atoms with van der Waals surface area (Å²) >= 11 is 1.77. The second-order valence-corrected chi connectivity index (χ2v) is 5.32. The number of nitrogens with one attached hydrogen (secondary N) is 1. The van der Waals surface area contributed by atoms with Crippen LogP contribution in [0.15, 0.2) is 6.33 Å². The van der Waals surface area contributed by atoms with Gasteiger partial charge in [0.15, 0.2) is 10.8 Å². The smallest absolute Gasteiger partial charge is 0.184 e. The minimum atomic E-state index is 0.799. The highest BCUT2D eigenvalue weighted by molar-refractivity contribution is 7.15. The number of aromatic nitrogens is 4. The van der Waals surface area contributed by atoms with Gasteiger partial charge in [-0.2, -0.15) is 5.10 Å². The van der Waals surface area contributed by atoms with E-state index in [0.29, 0.717) is 0 Å². The van der Waals surface area contributed by atoms with Crippen LogP contribution < -0.4 is 0 Å². The molecule has 1 atom stereocenters. The van der Waals surface area contributed by atoms with Crippen LogP contribution in [-0.2, 0) is 12.8 Å². The number of H-pyrrole nitrogens is 1. The Morgan fingerprint density at radius 3 is 3.25 bits per heavy atom. The maximum atomic E-state index is 4.65. The molecule has 0 aliphatic heterocycles. The molecule has 0 aromatic carbocycles. The van der Waals surface area contributed by atoms with E-state index in [1.807, 2.05) is 0 Å².